The average Bonchev–Trinajstić information content (AvgIpc) is 3.20. The van der Waals surface area contributed by atoms with Gasteiger partial charge in [-0.15, -0.1) is 5.11 Å². The number of hydrogen-bond acceptors (Lipinski definition) is 17. The minimum absolute atomic E-state index is 0.0289. The Labute approximate surface area is 387 Å². The highest BCUT2D eigenvalue weighted by Crippen LogP contribution is 2.48. The molecule has 23 heteroatoms. The van der Waals surface area contributed by atoms with Crippen molar-refractivity contribution in [2.45, 2.75) is 76.5 Å². The molecule has 7 N–H and O–H groups in total. The second-order valence-corrected chi connectivity index (χ2v) is 22.4. The Hall–Kier alpha value is -6.37. The number of aromatic nitrogens is 3. The van der Waals surface area contributed by atoms with Crippen LogP contribution in [0.4, 0.5) is 40.6 Å². The predicted molar refractivity (Wildman–Crippen MR) is 252 cm³/mol. The monoisotopic (exact) mass is 978 g/mol. The van der Waals surface area contributed by atoms with Gasteiger partial charge in [0.1, 0.15) is 17.2 Å². The molecule has 1 unspecified atom stereocenters. The molecule has 0 saturated carbocycles. The molecule has 5 aromatic carbocycles. The number of azo groups is 1. The molecule has 0 aliphatic carbocycles. The van der Waals surface area contributed by atoms with E-state index < -0.39 is 73.3 Å². The number of hydrogen-bond donors (Lipinski definition) is 7. The Morgan fingerprint density at radius 2 is 1.31 bits per heavy atom. The van der Waals surface area contributed by atoms with E-state index in [1.165, 1.54) is 12.1 Å². The van der Waals surface area contributed by atoms with Crippen LogP contribution in [-0.2, 0) is 39.9 Å². The number of nitrogens with one attached hydrogen (secondary N) is 3. The summed E-state index contributed by atoms with van der Waals surface area (Å²) < 4.78 is 110. The maximum Gasteiger partial charge on any atom is 0.312 e. The topological polar surface area (TPSA) is 309 Å². The third kappa shape index (κ3) is 11.6. The number of esters is 1. The smallest absolute Gasteiger partial charge is 0.312 e. The standard InChI is InChI=1S/C44H50N8O12S3/c1-25-31-12-10-9-11-26(31)13-18-32(25)51-52-36-34(67(61,62)63)22-27-21-30(66(58,59)60)23-33(35(27)37(36)53)47-41-49-39(48-40(50-41)46-28-14-16-29(17-15-28)65(55,56)57)45-19-20-64-38(54)44(8,43(5,6)7)24-42(2,3)4/h9-18,21-23,53H,19-20,24H2,1-8H3,(H,55,56,57)(H,58,59,60)(H,61,62,63)(H3,45,46,47,48,49,50). The number of nitrogens with zero attached hydrogens (tertiary/aromatic N) is 5. The summed E-state index contributed by atoms with van der Waals surface area (Å²) in [6, 6.07) is 18.2. The van der Waals surface area contributed by atoms with Crippen molar-refractivity contribution in [1.82, 2.24) is 15.0 Å². The fourth-order valence-corrected chi connectivity index (χ4v) is 9.01. The lowest BCUT2D eigenvalue weighted by Crippen LogP contribution is -2.44. The summed E-state index contributed by atoms with van der Waals surface area (Å²) in [5, 5.41) is 29.8. The van der Waals surface area contributed by atoms with Crippen molar-refractivity contribution < 1.29 is 53.5 Å². The highest BCUT2D eigenvalue weighted by molar-refractivity contribution is 7.86. The summed E-state index contributed by atoms with van der Waals surface area (Å²) in [6.45, 7) is 15.4. The molecule has 0 spiro atoms. The highest BCUT2D eigenvalue weighted by Gasteiger charge is 2.47. The van der Waals surface area contributed by atoms with Gasteiger partial charge in [0.15, 0.2) is 5.75 Å². The Morgan fingerprint density at radius 1 is 0.701 bits per heavy atom. The van der Waals surface area contributed by atoms with Gasteiger partial charge in [0, 0.05) is 11.1 Å². The number of aryl methyl sites for hydroxylation is 1. The van der Waals surface area contributed by atoms with Gasteiger partial charge in [-0.2, -0.15) is 45.3 Å². The van der Waals surface area contributed by atoms with Gasteiger partial charge in [-0.05, 0) is 101 Å². The van der Waals surface area contributed by atoms with Gasteiger partial charge < -0.3 is 25.8 Å². The summed E-state index contributed by atoms with van der Waals surface area (Å²) >= 11 is 0. The summed E-state index contributed by atoms with van der Waals surface area (Å²) in [4.78, 5) is 24.6. The Bertz CT molecular complexity index is 3280. The molecule has 0 saturated heterocycles. The number of aromatic hydroxyl groups is 1. The molecule has 0 aliphatic rings. The summed E-state index contributed by atoms with van der Waals surface area (Å²) in [6.07, 6.45) is 0.535. The second kappa shape index (κ2) is 18.4. The molecule has 0 radical (unpaired) electrons. The molecule has 0 amide bonds. The van der Waals surface area contributed by atoms with Crippen molar-refractivity contribution in [3.05, 3.63) is 84.4 Å². The van der Waals surface area contributed by atoms with Gasteiger partial charge in [0.2, 0.25) is 17.8 Å². The number of phenols is 1. The number of ether oxygens (including phenoxy) is 1. The largest absolute Gasteiger partial charge is 0.505 e. The maximum absolute atomic E-state index is 13.6. The van der Waals surface area contributed by atoms with E-state index in [9.17, 15) is 48.8 Å². The lowest BCUT2D eigenvalue weighted by molar-refractivity contribution is -0.164. The van der Waals surface area contributed by atoms with Crippen LogP contribution in [0.5, 0.6) is 5.75 Å². The average molecular weight is 979 g/mol. The van der Waals surface area contributed by atoms with E-state index in [0.29, 0.717) is 17.7 Å². The van der Waals surface area contributed by atoms with E-state index in [4.69, 9.17) is 4.74 Å². The highest BCUT2D eigenvalue weighted by atomic mass is 32.2. The molecule has 20 nitrogen and oxygen atoms in total. The molecule has 1 heterocycles. The zero-order valence-electron chi connectivity index (χ0n) is 37.6. The molecule has 67 heavy (non-hydrogen) atoms. The van der Waals surface area contributed by atoms with Gasteiger partial charge in [0.05, 0.1) is 33.1 Å². The molecule has 1 atom stereocenters. The first-order valence-corrected chi connectivity index (χ1v) is 24.7. The second-order valence-electron chi connectivity index (χ2n) is 18.2. The first-order chi connectivity index (χ1) is 30.9. The minimum Gasteiger partial charge on any atom is -0.505 e. The lowest BCUT2D eigenvalue weighted by Gasteiger charge is -2.43. The van der Waals surface area contributed by atoms with Gasteiger partial charge in [-0.1, -0.05) is 71.9 Å². The van der Waals surface area contributed by atoms with Gasteiger partial charge in [-0.3, -0.25) is 18.5 Å². The molecule has 0 aliphatic heterocycles. The van der Waals surface area contributed by atoms with Crippen LogP contribution in [-0.4, -0.2) is 78.1 Å². The van der Waals surface area contributed by atoms with Crippen LogP contribution >= 0.6 is 0 Å². The van der Waals surface area contributed by atoms with Crippen molar-refractivity contribution in [2.75, 3.05) is 29.1 Å². The SMILES string of the molecule is Cc1c(N=Nc2c(S(=O)(=O)O)cc3cc(S(=O)(=O)O)cc(Nc4nc(NCCOC(=O)C(C)(CC(C)(C)C)C(C)(C)C)nc(Nc5ccc(S(=O)(=O)O)cc5)n4)c3c2O)ccc2ccccc12. The van der Waals surface area contributed by atoms with E-state index in [1.54, 1.807) is 19.1 Å². The number of rotatable bonds is 15. The van der Waals surface area contributed by atoms with Crippen molar-refractivity contribution in [2.24, 2.45) is 26.5 Å². The molecular formula is C44H50N8O12S3. The number of carbonyl (C=O) groups excluding carboxylic acids is 1. The molecule has 356 valence electrons. The zero-order chi connectivity index (χ0) is 49.5. The summed E-state index contributed by atoms with van der Waals surface area (Å²) in [5.41, 5.74) is -1.38. The van der Waals surface area contributed by atoms with Crippen LogP contribution in [0.15, 0.2) is 104 Å². The fraction of sp³-hybridized carbons (Fsp3) is 0.318. The lowest BCUT2D eigenvalue weighted by atomic mass is 9.61. The molecule has 6 rings (SSSR count). The van der Waals surface area contributed by atoms with E-state index in [1.807, 2.05) is 72.7 Å². The Kier molecular flexibility index (Phi) is 13.7. The van der Waals surface area contributed by atoms with Gasteiger partial charge >= 0.3 is 5.97 Å². The zero-order valence-corrected chi connectivity index (χ0v) is 40.1. The van der Waals surface area contributed by atoms with E-state index in [0.717, 1.165) is 41.1 Å². The molecule has 0 bridgehead atoms. The molecule has 1 aromatic heterocycles. The number of phenolic OH excluding ortho intramolecular Hbond substituents is 1. The summed E-state index contributed by atoms with van der Waals surface area (Å²) in [7, 11) is -14.7. The maximum atomic E-state index is 13.6. The number of anilines is 5. The van der Waals surface area contributed by atoms with Crippen molar-refractivity contribution >= 4 is 98.5 Å². The number of fused-ring (bicyclic) bond motifs is 2. The van der Waals surface area contributed by atoms with E-state index in [-0.39, 0.29) is 58.6 Å². The van der Waals surface area contributed by atoms with Crippen LogP contribution in [0.2, 0.25) is 0 Å². The normalized spacial score (nSPS) is 13.7. The van der Waals surface area contributed by atoms with Gasteiger partial charge in [-0.25, -0.2) is 0 Å². The van der Waals surface area contributed by atoms with Crippen LogP contribution in [0.3, 0.4) is 0 Å². The Morgan fingerprint density at radius 3 is 1.91 bits per heavy atom. The van der Waals surface area contributed by atoms with Crippen LogP contribution in [0.25, 0.3) is 21.5 Å². The first kappa shape index (κ1) is 50.1. The molecule has 6 aromatic rings. The predicted octanol–water partition coefficient (Wildman–Crippen LogP) is 9.28. The third-order valence-corrected chi connectivity index (χ3v) is 13.6. The number of carbonyl (C=O) groups is 1. The first-order valence-electron chi connectivity index (χ1n) is 20.4. The van der Waals surface area contributed by atoms with Crippen LogP contribution < -0.4 is 16.0 Å². The van der Waals surface area contributed by atoms with Crippen molar-refractivity contribution in [3.8, 4) is 5.75 Å². The molecule has 0 fully saturated rings. The minimum atomic E-state index is -5.18. The summed E-state index contributed by atoms with van der Waals surface area (Å²) in [5.74, 6) is -2.00. The van der Waals surface area contributed by atoms with E-state index in [2.05, 4.69) is 41.1 Å². The van der Waals surface area contributed by atoms with E-state index >= 15 is 0 Å². The fourth-order valence-electron chi connectivity index (χ4n) is 7.32. The van der Waals surface area contributed by atoms with Crippen LogP contribution in [0.1, 0.15) is 60.5 Å². The Balaban J connectivity index is 1.44. The van der Waals surface area contributed by atoms with Gasteiger partial charge in [0.25, 0.3) is 30.4 Å². The quantitative estimate of drug-likeness (QED) is 0.0218. The van der Waals surface area contributed by atoms with Crippen molar-refractivity contribution in [3.63, 3.8) is 0 Å². The third-order valence-electron chi connectivity index (χ3n) is 11.0. The van der Waals surface area contributed by atoms with Crippen molar-refractivity contribution in [1.29, 1.82) is 0 Å². The van der Waals surface area contributed by atoms with Crippen LogP contribution in [0, 0.1) is 23.2 Å². The number of benzene rings is 5. The molecular weight excluding hydrogens is 929 g/mol.